The number of hydrogen-bond acceptors (Lipinski definition) is 4. The van der Waals surface area contributed by atoms with Crippen LogP contribution < -0.4 is 11.1 Å². The summed E-state index contributed by atoms with van der Waals surface area (Å²) in [6, 6.07) is -1.27. The molecule has 108 valence electrons. The fourth-order valence-electron chi connectivity index (χ4n) is 2.03. The van der Waals surface area contributed by atoms with Gasteiger partial charge in [-0.1, -0.05) is 13.8 Å². The number of rotatable bonds is 5. The average Bonchev–Trinajstić information content (AvgIpc) is 2.59. The number of nitrogens with one attached hydrogen (secondary N) is 1. The largest absolute Gasteiger partial charge is 0.368 e. The number of hydrogen-bond donors (Lipinski definition) is 2. The van der Waals surface area contributed by atoms with Gasteiger partial charge >= 0.3 is 0 Å². The van der Waals surface area contributed by atoms with E-state index in [1.807, 2.05) is 13.8 Å². The predicted octanol–water partition coefficient (Wildman–Crippen LogP) is -0.0776. The van der Waals surface area contributed by atoms with Crippen molar-refractivity contribution in [3.05, 3.63) is 0 Å². The Bertz CT molecular complexity index is 384. The maximum Gasteiger partial charge on any atom is 0.244 e. The molecule has 6 nitrogen and oxygen atoms in total. The van der Waals surface area contributed by atoms with Crippen LogP contribution in [-0.2, 0) is 14.4 Å². The number of carbonyl (C=O) groups excluding carboxylic acids is 3. The Labute approximate surface area is 117 Å². The van der Waals surface area contributed by atoms with E-state index in [9.17, 15) is 14.4 Å². The van der Waals surface area contributed by atoms with E-state index < -0.39 is 22.9 Å². The van der Waals surface area contributed by atoms with Crippen LogP contribution in [0.2, 0.25) is 0 Å². The summed E-state index contributed by atoms with van der Waals surface area (Å²) in [7, 11) is 0. The topological polar surface area (TPSA) is 92.5 Å². The molecule has 7 heteroatoms. The molecular weight excluding hydrogens is 266 g/mol. The summed E-state index contributed by atoms with van der Waals surface area (Å²) in [5.41, 5.74) is 5.26. The molecular formula is C12H21N3O3S. The van der Waals surface area contributed by atoms with Gasteiger partial charge in [-0.2, -0.15) is 0 Å². The molecule has 0 radical (unpaired) electrons. The van der Waals surface area contributed by atoms with Crippen LogP contribution in [0.5, 0.6) is 0 Å². The number of amides is 3. The Hall–Kier alpha value is -1.24. The van der Waals surface area contributed by atoms with E-state index in [4.69, 9.17) is 5.73 Å². The molecule has 3 amide bonds. The smallest absolute Gasteiger partial charge is 0.244 e. The summed E-state index contributed by atoms with van der Waals surface area (Å²) in [5, 5.41) is 2.63. The average molecular weight is 287 g/mol. The van der Waals surface area contributed by atoms with Crippen molar-refractivity contribution in [1.29, 1.82) is 0 Å². The normalized spacial score (nSPS) is 23.2. The summed E-state index contributed by atoms with van der Waals surface area (Å²) < 4.78 is 0. The molecule has 0 aromatic rings. The molecule has 1 aliphatic rings. The number of nitrogens with two attached hydrogens (primary N) is 1. The summed E-state index contributed by atoms with van der Waals surface area (Å²) in [5.74, 6) is -0.469. The lowest BCUT2D eigenvalue weighted by Gasteiger charge is -2.31. The predicted molar refractivity (Wildman–Crippen MR) is 74.2 cm³/mol. The lowest BCUT2D eigenvalue weighted by molar-refractivity contribution is -0.135. The van der Waals surface area contributed by atoms with Crippen LogP contribution in [0.1, 0.15) is 27.7 Å². The molecule has 0 spiro atoms. The summed E-state index contributed by atoms with van der Waals surface area (Å²) in [6.07, 6.45) is 0.679. The maximum atomic E-state index is 12.2. The molecule has 0 aromatic carbocycles. The molecule has 2 atom stereocenters. The second-order valence-corrected chi connectivity index (χ2v) is 7.04. The van der Waals surface area contributed by atoms with Gasteiger partial charge in [0.05, 0.1) is 4.87 Å². The zero-order chi connectivity index (χ0) is 14.8. The molecule has 19 heavy (non-hydrogen) atoms. The van der Waals surface area contributed by atoms with E-state index in [1.165, 1.54) is 16.7 Å². The molecule has 0 saturated carbocycles. The minimum Gasteiger partial charge on any atom is -0.368 e. The van der Waals surface area contributed by atoms with E-state index in [2.05, 4.69) is 5.32 Å². The van der Waals surface area contributed by atoms with Crippen molar-refractivity contribution < 1.29 is 14.4 Å². The van der Waals surface area contributed by atoms with Gasteiger partial charge in [0.1, 0.15) is 12.1 Å². The van der Waals surface area contributed by atoms with Gasteiger partial charge in [0, 0.05) is 5.75 Å². The first-order valence-electron chi connectivity index (χ1n) is 6.18. The van der Waals surface area contributed by atoms with Crippen molar-refractivity contribution in [1.82, 2.24) is 10.2 Å². The molecule has 0 aromatic heterocycles. The highest BCUT2D eigenvalue weighted by atomic mass is 32.2. The van der Waals surface area contributed by atoms with E-state index in [0.717, 1.165) is 0 Å². The second-order valence-electron chi connectivity index (χ2n) is 5.42. The minimum absolute atomic E-state index is 0.0896. The zero-order valence-corrected chi connectivity index (χ0v) is 12.5. The van der Waals surface area contributed by atoms with Crippen LogP contribution in [0.4, 0.5) is 0 Å². The first-order chi connectivity index (χ1) is 8.70. The standard InChI is InChI=1S/C12H21N3O3S/c1-7(2)9(10(13)17)14-11(18)8-5-19-12(3,4)15(8)6-16/h6-9H,5H2,1-4H3,(H2,13,17)(H,14,18)/t8-,9+/m0/s1. The van der Waals surface area contributed by atoms with E-state index in [0.29, 0.717) is 12.2 Å². The van der Waals surface area contributed by atoms with E-state index in [1.54, 1.807) is 13.8 Å². The first kappa shape index (κ1) is 15.8. The minimum atomic E-state index is -0.713. The van der Waals surface area contributed by atoms with Crippen molar-refractivity contribution >= 4 is 30.0 Å². The van der Waals surface area contributed by atoms with Gasteiger partial charge in [0.15, 0.2) is 0 Å². The third-order valence-electron chi connectivity index (χ3n) is 3.24. The molecule has 1 aliphatic heterocycles. The highest BCUT2D eigenvalue weighted by molar-refractivity contribution is 8.00. The van der Waals surface area contributed by atoms with Crippen molar-refractivity contribution in [2.24, 2.45) is 11.7 Å². The number of thioether (sulfide) groups is 1. The Morgan fingerprint density at radius 3 is 2.47 bits per heavy atom. The van der Waals surface area contributed by atoms with Crippen LogP contribution in [-0.4, -0.2) is 45.8 Å². The van der Waals surface area contributed by atoms with Crippen LogP contribution in [0.25, 0.3) is 0 Å². The zero-order valence-electron chi connectivity index (χ0n) is 11.7. The van der Waals surface area contributed by atoms with E-state index in [-0.39, 0.29) is 11.8 Å². The SMILES string of the molecule is CC(C)[C@@H](NC(=O)[C@@H]1CSC(C)(C)N1C=O)C(N)=O. The highest BCUT2D eigenvalue weighted by Gasteiger charge is 2.43. The third kappa shape index (κ3) is 3.40. The molecule has 0 unspecified atom stereocenters. The van der Waals surface area contributed by atoms with Crippen molar-refractivity contribution in [2.75, 3.05) is 5.75 Å². The number of primary amides is 1. The van der Waals surface area contributed by atoms with Crippen LogP contribution in [0, 0.1) is 5.92 Å². The molecule has 1 saturated heterocycles. The van der Waals surface area contributed by atoms with E-state index >= 15 is 0 Å². The van der Waals surface area contributed by atoms with Gasteiger partial charge in [-0.3, -0.25) is 14.4 Å². The van der Waals surface area contributed by atoms with Gasteiger partial charge in [-0.15, -0.1) is 11.8 Å². The Balaban J connectivity index is 2.78. The molecule has 0 bridgehead atoms. The van der Waals surface area contributed by atoms with Crippen molar-refractivity contribution in [3.8, 4) is 0 Å². The van der Waals surface area contributed by atoms with Gasteiger partial charge in [0.2, 0.25) is 18.2 Å². The molecule has 1 heterocycles. The van der Waals surface area contributed by atoms with Crippen LogP contribution in [0.3, 0.4) is 0 Å². The number of nitrogens with zero attached hydrogens (tertiary/aromatic N) is 1. The monoisotopic (exact) mass is 287 g/mol. The maximum absolute atomic E-state index is 12.2. The summed E-state index contributed by atoms with van der Waals surface area (Å²) in [4.78, 5) is 35.7. The summed E-state index contributed by atoms with van der Waals surface area (Å²) in [6.45, 7) is 7.38. The van der Waals surface area contributed by atoms with Crippen molar-refractivity contribution in [3.63, 3.8) is 0 Å². The highest BCUT2D eigenvalue weighted by Crippen LogP contribution is 2.37. The lowest BCUT2D eigenvalue weighted by atomic mass is 10.0. The lowest BCUT2D eigenvalue weighted by Crippen LogP contribution is -2.55. The molecule has 1 rings (SSSR count). The van der Waals surface area contributed by atoms with Crippen LogP contribution >= 0.6 is 11.8 Å². The third-order valence-corrected chi connectivity index (χ3v) is 4.64. The summed E-state index contributed by atoms with van der Waals surface area (Å²) >= 11 is 1.53. The first-order valence-corrected chi connectivity index (χ1v) is 7.16. The van der Waals surface area contributed by atoms with Gasteiger partial charge in [-0.25, -0.2) is 0 Å². The van der Waals surface area contributed by atoms with Crippen LogP contribution in [0.15, 0.2) is 0 Å². The Morgan fingerprint density at radius 2 is 2.05 bits per heavy atom. The fraction of sp³-hybridized carbons (Fsp3) is 0.750. The molecule has 0 aliphatic carbocycles. The van der Waals surface area contributed by atoms with Gasteiger partial charge in [-0.05, 0) is 19.8 Å². The Kier molecular flexibility index (Phi) is 4.84. The molecule has 1 fully saturated rings. The van der Waals surface area contributed by atoms with Gasteiger partial charge in [0.25, 0.3) is 0 Å². The second kappa shape index (κ2) is 5.81. The quantitative estimate of drug-likeness (QED) is 0.692. The fourth-order valence-corrected chi connectivity index (χ4v) is 3.23. The van der Waals surface area contributed by atoms with Gasteiger partial charge < -0.3 is 16.0 Å². The Morgan fingerprint density at radius 1 is 1.47 bits per heavy atom. The number of carbonyl (C=O) groups is 3. The molecule has 3 N–H and O–H groups in total. The van der Waals surface area contributed by atoms with Crippen molar-refractivity contribution in [2.45, 2.75) is 44.6 Å².